The summed E-state index contributed by atoms with van der Waals surface area (Å²) in [6.07, 6.45) is 4.05. The number of fused-ring (bicyclic) bond motifs is 1. The van der Waals surface area contributed by atoms with Crippen LogP contribution in [0, 0.1) is 10.5 Å². The summed E-state index contributed by atoms with van der Waals surface area (Å²) in [4.78, 5) is 19.7. The van der Waals surface area contributed by atoms with Gasteiger partial charge in [-0.25, -0.2) is 4.98 Å². The van der Waals surface area contributed by atoms with Crippen LogP contribution in [0.25, 0.3) is 28.6 Å². The number of nitrogens with zero attached hydrogens (tertiary/aromatic N) is 4. The van der Waals surface area contributed by atoms with E-state index < -0.39 is 5.97 Å². The van der Waals surface area contributed by atoms with Gasteiger partial charge < -0.3 is 14.0 Å². The van der Waals surface area contributed by atoms with Crippen LogP contribution in [0.2, 0.25) is 10.0 Å². The zero-order valence-corrected chi connectivity index (χ0v) is 18.7. The molecule has 0 atom stereocenters. The van der Waals surface area contributed by atoms with Crippen molar-refractivity contribution in [3.8, 4) is 23.0 Å². The number of hydrogen-bond acceptors (Lipinski definition) is 5. The lowest BCUT2D eigenvalue weighted by Gasteiger charge is -2.07. The minimum atomic E-state index is -0.869. The summed E-state index contributed by atoms with van der Waals surface area (Å²) in [5.74, 6) is -0.228. The van der Waals surface area contributed by atoms with E-state index in [-0.39, 0.29) is 6.42 Å². The number of aryl methyl sites for hydroxylation is 2. The van der Waals surface area contributed by atoms with E-state index >= 15 is 0 Å². The highest BCUT2D eigenvalue weighted by Crippen LogP contribution is 2.31. The van der Waals surface area contributed by atoms with E-state index in [1.54, 1.807) is 12.3 Å². The molecule has 0 aliphatic carbocycles. The van der Waals surface area contributed by atoms with Crippen molar-refractivity contribution >= 4 is 57.4 Å². The van der Waals surface area contributed by atoms with Crippen LogP contribution in [0.15, 0.2) is 35.1 Å². The van der Waals surface area contributed by atoms with Gasteiger partial charge in [-0.05, 0) is 59.2 Å². The van der Waals surface area contributed by atoms with Crippen molar-refractivity contribution in [2.45, 2.75) is 19.8 Å². The van der Waals surface area contributed by atoms with Gasteiger partial charge in [0.25, 0.3) is 5.89 Å². The van der Waals surface area contributed by atoms with Crippen molar-refractivity contribution in [1.29, 1.82) is 0 Å². The number of carboxylic acids is 1. The van der Waals surface area contributed by atoms with Crippen molar-refractivity contribution in [2.24, 2.45) is 0 Å². The van der Waals surface area contributed by atoms with Crippen molar-refractivity contribution in [3.05, 3.63) is 55.3 Å². The number of pyridine rings is 1. The third-order valence-electron chi connectivity index (χ3n) is 4.36. The molecule has 0 radical (unpaired) electrons. The monoisotopic (exact) mass is 542 g/mol. The van der Waals surface area contributed by atoms with Gasteiger partial charge in [-0.15, -0.1) is 0 Å². The van der Waals surface area contributed by atoms with E-state index in [1.807, 2.05) is 29.7 Å². The largest absolute Gasteiger partial charge is 0.481 e. The first-order valence-electron chi connectivity index (χ1n) is 8.51. The molecule has 3 heterocycles. The van der Waals surface area contributed by atoms with Gasteiger partial charge in [-0.1, -0.05) is 34.4 Å². The molecule has 0 aliphatic heterocycles. The summed E-state index contributed by atoms with van der Waals surface area (Å²) in [6.45, 7) is 1.88. The SMILES string of the molecule is Cc1cc(CCC(=O)O)c(Cl)cc1-c1nc(-c2cn3cc(I)cc(Cl)c3n2)no1. The summed E-state index contributed by atoms with van der Waals surface area (Å²) in [5.41, 5.74) is 3.45. The fourth-order valence-corrected chi connectivity index (χ4v) is 4.29. The van der Waals surface area contributed by atoms with Crippen molar-refractivity contribution in [3.63, 3.8) is 0 Å². The summed E-state index contributed by atoms with van der Waals surface area (Å²) >= 11 is 14.8. The Morgan fingerprint density at radius 3 is 2.76 bits per heavy atom. The van der Waals surface area contributed by atoms with Gasteiger partial charge in [0.2, 0.25) is 5.82 Å². The second kappa shape index (κ2) is 7.92. The molecule has 148 valence electrons. The Hall–Kier alpha value is -2.17. The molecular formula is C19H13Cl2IN4O3. The number of carboxylic acid groups (broad SMARTS) is 1. The van der Waals surface area contributed by atoms with Gasteiger partial charge in [0.05, 0.1) is 5.02 Å². The van der Waals surface area contributed by atoms with E-state index in [9.17, 15) is 4.79 Å². The molecular weight excluding hydrogens is 530 g/mol. The van der Waals surface area contributed by atoms with E-state index in [4.69, 9.17) is 32.8 Å². The first-order valence-corrected chi connectivity index (χ1v) is 10.3. The summed E-state index contributed by atoms with van der Waals surface area (Å²) in [6, 6.07) is 5.39. The number of rotatable bonds is 5. The Morgan fingerprint density at radius 1 is 1.21 bits per heavy atom. The highest BCUT2D eigenvalue weighted by Gasteiger charge is 2.18. The molecule has 0 saturated carbocycles. The molecule has 0 saturated heterocycles. The van der Waals surface area contributed by atoms with Gasteiger partial charge in [0.15, 0.2) is 5.65 Å². The summed E-state index contributed by atoms with van der Waals surface area (Å²) < 4.78 is 8.22. The van der Waals surface area contributed by atoms with E-state index in [0.29, 0.717) is 45.1 Å². The predicted octanol–water partition coefficient (Wildman–Crippen LogP) is 5.29. The lowest BCUT2D eigenvalue weighted by Crippen LogP contribution is -1.99. The smallest absolute Gasteiger partial charge is 0.303 e. The second-order valence-electron chi connectivity index (χ2n) is 6.44. The molecule has 4 aromatic rings. The van der Waals surface area contributed by atoms with Gasteiger partial charge >= 0.3 is 5.97 Å². The Labute approximate surface area is 188 Å². The van der Waals surface area contributed by atoms with E-state index in [2.05, 4.69) is 37.7 Å². The zero-order chi connectivity index (χ0) is 20.7. The standard InChI is InChI=1S/C19H13Cl2IN4O3/c1-9-4-10(2-3-16(27)28)13(20)6-12(9)19-24-17(25-29-19)15-8-26-7-11(22)5-14(21)18(26)23-15/h4-8H,2-3H2,1H3,(H,27,28). The van der Waals surface area contributed by atoms with Gasteiger partial charge in [0, 0.05) is 33.0 Å². The lowest BCUT2D eigenvalue weighted by molar-refractivity contribution is -0.136. The first kappa shape index (κ1) is 20.1. The fraction of sp³-hybridized carbons (Fsp3) is 0.158. The number of carbonyl (C=O) groups is 1. The second-order valence-corrected chi connectivity index (χ2v) is 8.50. The Morgan fingerprint density at radius 2 is 2.00 bits per heavy atom. The molecule has 29 heavy (non-hydrogen) atoms. The maximum Gasteiger partial charge on any atom is 0.303 e. The molecule has 0 spiro atoms. The molecule has 1 aromatic carbocycles. The number of aromatic nitrogens is 4. The number of aliphatic carboxylic acids is 1. The van der Waals surface area contributed by atoms with Crippen LogP contribution in [0.3, 0.4) is 0 Å². The van der Waals surface area contributed by atoms with Crippen LogP contribution >= 0.6 is 45.8 Å². The Balaban J connectivity index is 1.68. The van der Waals surface area contributed by atoms with Crippen molar-refractivity contribution in [1.82, 2.24) is 19.5 Å². The van der Waals surface area contributed by atoms with Gasteiger partial charge in [-0.3, -0.25) is 4.79 Å². The molecule has 0 bridgehead atoms. The molecule has 0 aliphatic rings. The molecule has 0 unspecified atom stereocenters. The first-order chi connectivity index (χ1) is 13.8. The van der Waals surface area contributed by atoms with Gasteiger partial charge in [0.1, 0.15) is 5.69 Å². The van der Waals surface area contributed by atoms with Crippen LogP contribution < -0.4 is 0 Å². The maximum absolute atomic E-state index is 10.8. The average Bonchev–Trinajstić information content (AvgIpc) is 3.28. The Kier molecular flexibility index (Phi) is 5.50. The van der Waals surface area contributed by atoms with Gasteiger partial charge in [-0.2, -0.15) is 4.98 Å². The molecule has 1 N–H and O–H groups in total. The molecule has 7 nitrogen and oxygen atoms in total. The zero-order valence-electron chi connectivity index (χ0n) is 15.0. The van der Waals surface area contributed by atoms with Crippen molar-refractivity contribution < 1.29 is 14.4 Å². The normalized spacial score (nSPS) is 11.3. The topological polar surface area (TPSA) is 93.5 Å². The minimum absolute atomic E-state index is 0.0125. The summed E-state index contributed by atoms with van der Waals surface area (Å²) in [7, 11) is 0. The quantitative estimate of drug-likeness (QED) is 0.344. The van der Waals surface area contributed by atoms with Crippen LogP contribution in [-0.4, -0.2) is 30.6 Å². The van der Waals surface area contributed by atoms with Crippen molar-refractivity contribution in [2.75, 3.05) is 0 Å². The lowest BCUT2D eigenvalue weighted by atomic mass is 10.0. The Bertz CT molecular complexity index is 1250. The molecule has 10 heteroatoms. The third-order valence-corrected chi connectivity index (χ3v) is 5.58. The highest BCUT2D eigenvalue weighted by molar-refractivity contribution is 14.1. The number of imidazole rings is 1. The highest BCUT2D eigenvalue weighted by atomic mass is 127. The average molecular weight is 543 g/mol. The molecule has 4 rings (SSSR count). The minimum Gasteiger partial charge on any atom is -0.481 e. The van der Waals surface area contributed by atoms with E-state index in [1.165, 1.54) is 0 Å². The fourth-order valence-electron chi connectivity index (χ4n) is 2.97. The third kappa shape index (κ3) is 4.10. The van der Waals surface area contributed by atoms with E-state index in [0.717, 1.165) is 14.7 Å². The molecule has 3 aromatic heterocycles. The molecule has 0 amide bonds. The van der Waals surface area contributed by atoms with Crippen LogP contribution in [-0.2, 0) is 11.2 Å². The summed E-state index contributed by atoms with van der Waals surface area (Å²) in [5, 5.41) is 13.9. The number of halogens is 3. The van der Waals surface area contributed by atoms with Crippen LogP contribution in [0.4, 0.5) is 0 Å². The van der Waals surface area contributed by atoms with Crippen LogP contribution in [0.1, 0.15) is 17.5 Å². The predicted molar refractivity (Wildman–Crippen MR) is 117 cm³/mol. The van der Waals surface area contributed by atoms with Crippen LogP contribution in [0.5, 0.6) is 0 Å². The number of hydrogen-bond donors (Lipinski definition) is 1. The maximum atomic E-state index is 10.8. The molecule has 0 fully saturated rings. The number of benzene rings is 1.